The fraction of sp³-hybridized carbons (Fsp3) is 0.391. The monoisotopic (exact) mass is 415 g/mol. The van der Waals surface area contributed by atoms with Crippen LogP contribution in [-0.4, -0.2) is 42.4 Å². The summed E-state index contributed by atoms with van der Waals surface area (Å²) in [7, 11) is 0. The van der Waals surface area contributed by atoms with Gasteiger partial charge in [-0.25, -0.2) is 8.78 Å². The van der Waals surface area contributed by atoms with Crippen molar-refractivity contribution < 1.29 is 18.4 Å². The first-order chi connectivity index (χ1) is 14.4. The zero-order valence-corrected chi connectivity index (χ0v) is 17.3. The minimum absolute atomic E-state index is 0.245. The quantitative estimate of drug-likeness (QED) is 0.731. The molecule has 7 heteroatoms. The highest BCUT2D eigenvalue weighted by atomic mass is 19.1. The standard InChI is InChI=1S/C23H27F2N3O2/c1-15(2)21(27-22(29)20-18(24)8-5-9-19(20)25)23(30)26-11-13-28-12-10-16-6-3-4-7-17(16)14-28/h3-9,15,21H,10-14H2,1-2H3,(H,26,30)(H,27,29)/t21-/m0/s1. The third-order valence-electron chi connectivity index (χ3n) is 5.36. The summed E-state index contributed by atoms with van der Waals surface area (Å²) in [5, 5.41) is 5.31. The van der Waals surface area contributed by atoms with Crippen LogP contribution in [0.25, 0.3) is 0 Å². The Balaban J connectivity index is 1.54. The number of carbonyl (C=O) groups excluding carboxylic acids is 2. The summed E-state index contributed by atoms with van der Waals surface area (Å²) >= 11 is 0. The Bertz CT molecular complexity index is 897. The fourth-order valence-corrected chi connectivity index (χ4v) is 3.66. The average Bonchev–Trinajstić information content (AvgIpc) is 2.71. The van der Waals surface area contributed by atoms with E-state index in [4.69, 9.17) is 0 Å². The van der Waals surface area contributed by atoms with Crippen LogP contribution in [0.15, 0.2) is 42.5 Å². The van der Waals surface area contributed by atoms with E-state index in [-0.39, 0.29) is 11.8 Å². The topological polar surface area (TPSA) is 61.4 Å². The van der Waals surface area contributed by atoms with Gasteiger partial charge in [0.1, 0.15) is 23.2 Å². The lowest BCUT2D eigenvalue weighted by molar-refractivity contribution is -0.124. The van der Waals surface area contributed by atoms with Gasteiger partial charge in [-0.3, -0.25) is 14.5 Å². The third-order valence-corrected chi connectivity index (χ3v) is 5.36. The van der Waals surface area contributed by atoms with Gasteiger partial charge in [0.05, 0.1) is 0 Å². The number of benzene rings is 2. The summed E-state index contributed by atoms with van der Waals surface area (Å²) in [6.45, 7) is 6.40. The molecular weight excluding hydrogens is 388 g/mol. The third kappa shape index (κ3) is 5.21. The molecule has 1 aliphatic heterocycles. The smallest absolute Gasteiger partial charge is 0.257 e. The molecule has 30 heavy (non-hydrogen) atoms. The van der Waals surface area contributed by atoms with Crippen LogP contribution < -0.4 is 10.6 Å². The van der Waals surface area contributed by atoms with Crippen LogP contribution >= 0.6 is 0 Å². The molecule has 0 aromatic heterocycles. The minimum Gasteiger partial charge on any atom is -0.353 e. The van der Waals surface area contributed by atoms with E-state index < -0.39 is 29.1 Å². The lowest BCUT2D eigenvalue weighted by Gasteiger charge is -2.29. The molecule has 0 fully saturated rings. The maximum Gasteiger partial charge on any atom is 0.257 e. The van der Waals surface area contributed by atoms with Gasteiger partial charge in [-0.1, -0.05) is 44.2 Å². The molecule has 0 unspecified atom stereocenters. The number of halogens is 2. The minimum atomic E-state index is -0.958. The van der Waals surface area contributed by atoms with Gasteiger partial charge in [0.2, 0.25) is 5.91 Å². The second kappa shape index (κ2) is 9.80. The Hall–Kier alpha value is -2.80. The predicted molar refractivity (Wildman–Crippen MR) is 111 cm³/mol. The summed E-state index contributed by atoms with van der Waals surface area (Å²) < 4.78 is 27.7. The first-order valence-electron chi connectivity index (χ1n) is 10.2. The second-order valence-corrected chi connectivity index (χ2v) is 7.88. The van der Waals surface area contributed by atoms with Gasteiger partial charge in [0.25, 0.3) is 5.91 Å². The van der Waals surface area contributed by atoms with E-state index in [0.29, 0.717) is 13.1 Å². The molecule has 0 radical (unpaired) electrons. The second-order valence-electron chi connectivity index (χ2n) is 7.88. The number of fused-ring (bicyclic) bond motifs is 1. The molecule has 0 aliphatic carbocycles. The molecule has 2 N–H and O–H groups in total. The Kier molecular flexibility index (Phi) is 7.15. The number of hydrogen-bond acceptors (Lipinski definition) is 3. The number of hydrogen-bond donors (Lipinski definition) is 2. The van der Waals surface area contributed by atoms with Crippen LogP contribution in [0.2, 0.25) is 0 Å². The van der Waals surface area contributed by atoms with Crippen LogP contribution in [0.1, 0.15) is 35.3 Å². The Morgan fingerprint density at radius 3 is 2.37 bits per heavy atom. The largest absolute Gasteiger partial charge is 0.353 e. The first-order valence-corrected chi connectivity index (χ1v) is 10.2. The maximum absolute atomic E-state index is 13.9. The number of rotatable bonds is 7. The zero-order valence-electron chi connectivity index (χ0n) is 17.3. The van der Waals surface area contributed by atoms with Gasteiger partial charge in [-0.15, -0.1) is 0 Å². The SMILES string of the molecule is CC(C)[C@H](NC(=O)c1c(F)cccc1F)C(=O)NCCN1CCc2ccccc2C1. The summed E-state index contributed by atoms with van der Waals surface area (Å²) in [5.41, 5.74) is 1.98. The molecule has 2 aromatic rings. The molecule has 1 heterocycles. The molecule has 3 rings (SSSR count). The van der Waals surface area contributed by atoms with E-state index in [9.17, 15) is 18.4 Å². The highest BCUT2D eigenvalue weighted by Crippen LogP contribution is 2.18. The molecule has 2 amide bonds. The zero-order chi connectivity index (χ0) is 21.7. The van der Waals surface area contributed by atoms with Crippen LogP contribution in [0.3, 0.4) is 0 Å². The van der Waals surface area contributed by atoms with Gasteiger partial charge < -0.3 is 10.6 Å². The van der Waals surface area contributed by atoms with E-state index in [2.05, 4.69) is 27.7 Å². The van der Waals surface area contributed by atoms with Crippen LogP contribution in [0.5, 0.6) is 0 Å². The summed E-state index contributed by atoms with van der Waals surface area (Å²) in [6, 6.07) is 10.7. The molecule has 0 spiro atoms. The van der Waals surface area contributed by atoms with Crippen molar-refractivity contribution in [2.45, 2.75) is 32.9 Å². The molecule has 0 saturated carbocycles. The van der Waals surface area contributed by atoms with Crippen molar-refractivity contribution in [3.8, 4) is 0 Å². The highest BCUT2D eigenvalue weighted by molar-refractivity contribution is 5.98. The normalized spacial score (nSPS) is 14.8. The van der Waals surface area contributed by atoms with Crippen molar-refractivity contribution >= 4 is 11.8 Å². The molecular formula is C23H27F2N3O2. The molecule has 2 aromatic carbocycles. The van der Waals surface area contributed by atoms with E-state index in [1.165, 1.54) is 17.2 Å². The lowest BCUT2D eigenvalue weighted by Crippen LogP contribution is -2.51. The van der Waals surface area contributed by atoms with E-state index in [0.717, 1.165) is 31.6 Å². The Labute approximate surface area is 175 Å². The van der Waals surface area contributed by atoms with E-state index in [1.807, 2.05) is 12.1 Å². The molecule has 0 saturated heterocycles. The van der Waals surface area contributed by atoms with Gasteiger partial charge in [-0.2, -0.15) is 0 Å². The van der Waals surface area contributed by atoms with Crippen molar-refractivity contribution in [1.29, 1.82) is 0 Å². The maximum atomic E-state index is 13.9. The van der Waals surface area contributed by atoms with Gasteiger partial charge >= 0.3 is 0 Å². The number of amides is 2. The molecule has 5 nitrogen and oxygen atoms in total. The Morgan fingerprint density at radius 2 is 1.70 bits per heavy atom. The molecule has 0 bridgehead atoms. The van der Waals surface area contributed by atoms with Crippen LogP contribution in [0.4, 0.5) is 8.78 Å². The van der Waals surface area contributed by atoms with Crippen molar-refractivity contribution in [1.82, 2.24) is 15.5 Å². The highest BCUT2D eigenvalue weighted by Gasteiger charge is 2.27. The molecule has 1 aliphatic rings. The fourth-order valence-electron chi connectivity index (χ4n) is 3.66. The van der Waals surface area contributed by atoms with E-state index >= 15 is 0 Å². The molecule has 1 atom stereocenters. The first kappa shape index (κ1) is 21.9. The van der Waals surface area contributed by atoms with Crippen molar-refractivity contribution in [3.63, 3.8) is 0 Å². The van der Waals surface area contributed by atoms with Crippen molar-refractivity contribution in [3.05, 3.63) is 70.8 Å². The summed E-state index contributed by atoms with van der Waals surface area (Å²) in [4.78, 5) is 27.3. The molecule has 160 valence electrons. The number of nitrogens with one attached hydrogen (secondary N) is 2. The Morgan fingerprint density at radius 1 is 1.03 bits per heavy atom. The van der Waals surface area contributed by atoms with Crippen LogP contribution in [-0.2, 0) is 17.8 Å². The predicted octanol–water partition coefficient (Wildman–Crippen LogP) is 2.89. The van der Waals surface area contributed by atoms with Gasteiger partial charge in [0.15, 0.2) is 0 Å². The average molecular weight is 415 g/mol. The van der Waals surface area contributed by atoms with Gasteiger partial charge in [-0.05, 0) is 35.6 Å². The number of nitrogens with zero attached hydrogens (tertiary/aromatic N) is 1. The van der Waals surface area contributed by atoms with Crippen LogP contribution in [0, 0.1) is 17.6 Å². The van der Waals surface area contributed by atoms with Crippen molar-refractivity contribution in [2.75, 3.05) is 19.6 Å². The summed E-state index contributed by atoms with van der Waals surface area (Å²) in [5.74, 6) is -3.47. The van der Waals surface area contributed by atoms with Gasteiger partial charge in [0, 0.05) is 26.2 Å². The van der Waals surface area contributed by atoms with Crippen molar-refractivity contribution in [2.24, 2.45) is 5.92 Å². The number of carbonyl (C=O) groups is 2. The van der Waals surface area contributed by atoms with E-state index in [1.54, 1.807) is 13.8 Å². The lowest BCUT2D eigenvalue weighted by atomic mass is 10.00. The summed E-state index contributed by atoms with van der Waals surface area (Å²) in [6.07, 6.45) is 0.975.